The van der Waals surface area contributed by atoms with Gasteiger partial charge in [-0.2, -0.15) is 0 Å². The monoisotopic (exact) mass is 249 g/mol. The van der Waals surface area contributed by atoms with Crippen LogP contribution in [0.15, 0.2) is 0 Å². The Balaban J connectivity index is 1.95. The van der Waals surface area contributed by atoms with Crippen LogP contribution >= 0.6 is 0 Å². The van der Waals surface area contributed by atoms with E-state index in [0.717, 1.165) is 19.3 Å². The number of carbonyl (C=O) groups excluding carboxylic acids is 1. The summed E-state index contributed by atoms with van der Waals surface area (Å²) in [5.41, 5.74) is 0. The second-order valence-corrected chi connectivity index (χ2v) is 5.93. The Morgan fingerprint density at radius 2 is 2.06 bits per heavy atom. The molecule has 1 aliphatic heterocycles. The molecule has 1 fully saturated rings. The van der Waals surface area contributed by atoms with E-state index in [1.165, 1.54) is 0 Å². The van der Waals surface area contributed by atoms with E-state index in [0.29, 0.717) is 31.8 Å². The number of rotatable bonds is 7. The van der Waals surface area contributed by atoms with Gasteiger partial charge in [0.15, 0.2) is 0 Å². The second-order valence-electron chi connectivity index (χ2n) is 4.10. The van der Waals surface area contributed by atoms with E-state index in [-0.39, 0.29) is 5.91 Å². The maximum absolute atomic E-state index is 11.3. The smallest absolute Gasteiger partial charge is 0.220 e. The molecular weight excluding hydrogens is 230 g/mol. The van der Waals surface area contributed by atoms with Crippen molar-refractivity contribution in [3.8, 4) is 0 Å². The maximum atomic E-state index is 11.3. The molecule has 94 valence electrons. The quantitative estimate of drug-likeness (QED) is 0.487. The van der Waals surface area contributed by atoms with Gasteiger partial charge in [0.1, 0.15) is 0 Å². The summed E-state index contributed by atoms with van der Waals surface area (Å²) in [5.74, 6) is 0.514. The zero-order valence-electron chi connectivity index (χ0n) is 9.45. The van der Waals surface area contributed by atoms with E-state index in [2.05, 4.69) is 15.4 Å². The van der Waals surface area contributed by atoms with Gasteiger partial charge >= 0.3 is 0 Å². The summed E-state index contributed by atoms with van der Waals surface area (Å²) in [6.45, 7) is 2.72. The molecule has 0 bridgehead atoms. The highest BCUT2D eigenvalue weighted by atomic mass is 32.2. The van der Waals surface area contributed by atoms with Crippen LogP contribution in [0.2, 0.25) is 0 Å². The molecule has 1 amide bonds. The molecule has 1 rings (SSSR count). The average molecular weight is 249 g/mol. The van der Waals surface area contributed by atoms with Gasteiger partial charge in [-0.15, -0.1) is 0 Å². The Hall–Kier alpha value is -0.660. The normalized spacial score (nSPS) is 16.8. The third-order valence-electron chi connectivity index (χ3n) is 2.38. The second kappa shape index (κ2) is 6.17. The molecule has 3 N–H and O–H groups in total. The van der Waals surface area contributed by atoms with Crippen molar-refractivity contribution in [1.82, 2.24) is 15.4 Å². The molecule has 0 spiro atoms. The first-order valence-corrected chi connectivity index (χ1v) is 7.28. The van der Waals surface area contributed by atoms with Gasteiger partial charge in [0, 0.05) is 19.5 Å². The highest BCUT2D eigenvalue weighted by Gasteiger charge is 2.19. The lowest BCUT2D eigenvalue weighted by molar-refractivity contribution is -0.122. The number of hydrogen-bond donors (Lipinski definition) is 3. The molecule has 0 aromatic heterocycles. The molecule has 1 aliphatic rings. The van der Waals surface area contributed by atoms with Crippen LogP contribution in [-0.2, 0) is 14.8 Å². The van der Waals surface area contributed by atoms with Crippen molar-refractivity contribution in [2.24, 2.45) is 5.92 Å². The number of nitrogens with one attached hydrogen (secondary N) is 3. The molecule has 6 nitrogen and oxygen atoms in total. The summed E-state index contributed by atoms with van der Waals surface area (Å²) in [6, 6.07) is 0. The van der Waals surface area contributed by atoms with Crippen LogP contribution in [0.25, 0.3) is 0 Å². The first-order chi connectivity index (χ1) is 7.47. The molecule has 7 heteroatoms. The Morgan fingerprint density at radius 1 is 1.38 bits per heavy atom. The van der Waals surface area contributed by atoms with Crippen molar-refractivity contribution >= 4 is 15.9 Å². The molecule has 0 aromatic rings. The van der Waals surface area contributed by atoms with E-state index in [1.807, 2.05) is 0 Å². The van der Waals surface area contributed by atoms with Gasteiger partial charge in [0.25, 0.3) is 0 Å². The molecule has 16 heavy (non-hydrogen) atoms. The number of amides is 1. The standard InChI is InChI=1S/C9H19N3O3S/c1-16(14,15)12-4-2-3-11-9(13)5-8-6-10-7-8/h8,10,12H,2-7H2,1H3,(H,11,13). The summed E-state index contributed by atoms with van der Waals surface area (Å²) < 4.78 is 23.8. The summed E-state index contributed by atoms with van der Waals surface area (Å²) in [6.07, 6.45) is 2.30. The molecule has 0 aromatic carbocycles. The third-order valence-corrected chi connectivity index (χ3v) is 3.11. The van der Waals surface area contributed by atoms with Gasteiger partial charge in [0.05, 0.1) is 6.26 Å². The lowest BCUT2D eigenvalue weighted by atomic mass is 9.99. The zero-order chi connectivity index (χ0) is 12.0. The first-order valence-electron chi connectivity index (χ1n) is 5.39. The Kier molecular flexibility index (Phi) is 5.17. The van der Waals surface area contributed by atoms with E-state index >= 15 is 0 Å². The highest BCUT2D eigenvalue weighted by Crippen LogP contribution is 2.07. The van der Waals surface area contributed by atoms with Crippen LogP contribution in [0.1, 0.15) is 12.8 Å². The van der Waals surface area contributed by atoms with Gasteiger partial charge in [0.2, 0.25) is 15.9 Å². The number of carbonyl (C=O) groups is 1. The summed E-state index contributed by atoms with van der Waals surface area (Å²) in [7, 11) is -3.11. The molecule has 0 aliphatic carbocycles. The fourth-order valence-corrected chi connectivity index (χ4v) is 1.92. The summed E-state index contributed by atoms with van der Waals surface area (Å²) >= 11 is 0. The van der Waals surface area contributed by atoms with Crippen LogP contribution in [0, 0.1) is 5.92 Å². The van der Waals surface area contributed by atoms with Gasteiger partial charge in [-0.05, 0) is 25.4 Å². The predicted molar refractivity (Wildman–Crippen MR) is 61.4 cm³/mol. The SMILES string of the molecule is CS(=O)(=O)NCCCNC(=O)CC1CNC1. The van der Waals surface area contributed by atoms with Crippen LogP contribution in [0.3, 0.4) is 0 Å². The fourth-order valence-electron chi connectivity index (χ4n) is 1.40. The minimum absolute atomic E-state index is 0.0471. The first kappa shape index (κ1) is 13.4. The topological polar surface area (TPSA) is 87.3 Å². The minimum Gasteiger partial charge on any atom is -0.356 e. The lowest BCUT2D eigenvalue weighted by Gasteiger charge is -2.26. The molecule has 1 saturated heterocycles. The van der Waals surface area contributed by atoms with Crippen molar-refractivity contribution in [3.05, 3.63) is 0 Å². The molecule has 1 heterocycles. The molecule has 0 atom stereocenters. The Morgan fingerprint density at radius 3 is 2.56 bits per heavy atom. The average Bonchev–Trinajstić information content (AvgIpc) is 2.09. The zero-order valence-corrected chi connectivity index (χ0v) is 10.3. The van der Waals surface area contributed by atoms with Gasteiger partial charge < -0.3 is 10.6 Å². The van der Waals surface area contributed by atoms with Crippen molar-refractivity contribution < 1.29 is 13.2 Å². The van der Waals surface area contributed by atoms with E-state index in [4.69, 9.17) is 0 Å². The Labute approximate surface area is 96.2 Å². The van der Waals surface area contributed by atoms with Crippen LogP contribution < -0.4 is 15.4 Å². The van der Waals surface area contributed by atoms with Gasteiger partial charge in [-0.25, -0.2) is 13.1 Å². The molecule has 0 unspecified atom stereocenters. The lowest BCUT2D eigenvalue weighted by Crippen LogP contribution is -2.44. The summed E-state index contributed by atoms with van der Waals surface area (Å²) in [4.78, 5) is 11.3. The number of hydrogen-bond acceptors (Lipinski definition) is 4. The molecule has 0 radical (unpaired) electrons. The van der Waals surface area contributed by atoms with E-state index in [9.17, 15) is 13.2 Å². The number of sulfonamides is 1. The Bertz CT molecular complexity index is 325. The van der Waals surface area contributed by atoms with E-state index in [1.54, 1.807) is 0 Å². The maximum Gasteiger partial charge on any atom is 0.220 e. The molecule has 0 saturated carbocycles. The van der Waals surface area contributed by atoms with Crippen molar-refractivity contribution in [1.29, 1.82) is 0 Å². The molecular formula is C9H19N3O3S. The highest BCUT2D eigenvalue weighted by molar-refractivity contribution is 7.88. The van der Waals surface area contributed by atoms with Crippen LogP contribution in [-0.4, -0.2) is 46.8 Å². The predicted octanol–water partition coefficient (Wildman–Crippen LogP) is -1.35. The van der Waals surface area contributed by atoms with Crippen LogP contribution in [0.4, 0.5) is 0 Å². The summed E-state index contributed by atoms with van der Waals surface area (Å²) in [5, 5.41) is 5.87. The van der Waals surface area contributed by atoms with Gasteiger partial charge in [-0.3, -0.25) is 4.79 Å². The third kappa shape index (κ3) is 6.04. The van der Waals surface area contributed by atoms with Crippen molar-refractivity contribution in [3.63, 3.8) is 0 Å². The minimum atomic E-state index is -3.11. The largest absolute Gasteiger partial charge is 0.356 e. The van der Waals surface area contributed by atoms with E-state index < -0.39 is 10.0 Å². The van der Waals surface area contributed by atoms with Gasteiger partial charge in [-0.1, -0.05) is 0 Å². The van der Waals surface area contributed by atoms with Crippen LogP contribution in [0.5, 0.6) is 0 Å². The fraction of sp³-hybridized carbons (Fsp3) is 0.889. The van der Waals surface area contributed by atoms with Crippen molar-refractivity contribution in [2.45, 2.75) is 12.8 Å². The van der Waals surface area contributed by atoms with Crippen molar-refractivity contribution in [2.75, 3.05) is 32.4 Å².